The molecule has 1 aliphatic heterocycles. The van der Waals surface area contributed by atoms with E-state index in [0.717, 1.165) is 43.1 Å². The van der Waals surface area contributed by atoms with Crippen molar-refractivity contribution >= 4 is 5.69 Å². The molecule has 1 saturated carbocycles. The lowest BCUT2D eigenvalue weighted by molar-refractivity contribution is 0.145. The molecule has 4 heteroatoms. The van der Waals surface area contributed by atoms with E-state index in [4.69, 9.17) is 0 Å². The normalized spacial score (nSPS) is 21.8. The Labute approximate surface area is 145 Å². The highest BCUT2D eigenvalue weighted by atomic mass is 19.1. The van der Waals surface area contributed by atoms with E-state index in [1.54, 1.807) is 12.1 Å². The van der Waals surface area contributed by atoms with Gasteiger partial charge < -0.3 is 15.3 Å². The average molecular weight is 334 g/mol. The lowest BCUT2D eigenvalue weighted by Crippen LogP contribution is -2.38. The first-order chi connectivity index (χ1) is 11.6. The van der Waals surface area contributed by atoms with Gasteiger partial charge in [0, 0.05) is 30.9 Å². The van der Waals surface area contributed by atoms with E-state index in [-0.39, 0.29) is 18.0 Å². The minimum atomic E-state index is -0.190. The second kappa shape index (κ2) is 7.83. The lowest BCUT2D eigenvalue weighted by atomic mass is 9.99. The van der Waals surface area contributed by atoms with Crippen LogP contribution in [0, 0.1) is 11.7 Å². The summed E-state index contributed by atoms with van der Waals surface area (Å²) in [5, 5.41) is 13.5. The Kier molecular flexibility index (Phi) is 5.77. The van der Waals surface area contributed by atoms with Gasteiger partial charge in [-0.05, 0) is 68.7 Å². The van der Waals surface area contributed by atoms with Crippen molar-refractivity contribution < 1.29 is 9.50 Å². The van der Waals surface area contributed by atoms with E-state index in [1.165, 1.54) is 25.7 Å². The number of anilines is 1. The van der Waals surface area contributed by atoms with Crippen molar-refractivity contribution in [2.24, 2.45) is 5.92 Å². The zero-order valence-electron chi connectivity index (χ0n) is 15.0. The molecule has 3 nitrogen and oxygen atoms in total. The van der Waals surface area contributed by atoms with Crippen LogP contribution in [0.5, 0.6) is 0 Å². The van der Waals surface area contributed by atoms with Crippen molar-refractivity contribution in [3.8, 4) is 0 Å². The second-order valence-electron chi connectivity index (χ2n) is 7.54. The molecule has 2 atom stereocenters. The third-order valence-corrected chi connectivity index (χ3v) is 5.52. The van der Waals surface area contributed by atoms with Crippen LogP contribution in [0.25, 0.3) is 0 Å². The molecule has 0 bridgehead atoms. The highest BCUT2D eigenvalue weighted by molar-refractivity contribution is 5.55. The summed E-state index contributed by atoms with van der Waals surface area (Å²) in [4.78, 5) is 2.30. The van der Waals surface area contributed by atoms with Crippen molar-refractivity contribution in [2.75, 3.05) is 18.0 Å². The van der Waals surface area contributed by atoms with Crippen LogP contribution in [-0.4, -0.2) is 30.3 Å². The van der Waals surface area contributed by atoms with Crippen LogP contribution in [0.2, 0.25) is 0 Å². The van der Waals surface area contributed by atoms with Gasteiger partial charge in [0.2, 0.25) is 0 Å². The maximum atomic E-state index is 13.9. The molecule has 0 spiro atoms. The van der Waals surface area contributed by atoms with Crippen molar-refractivity contribution in [1.82, 2.24) is 5.32 Å². The van der Waals surface area contributed by atoms with Gasteiger partial charge in [-0.1, -0.05) is 13.3 Å². The number of rotatable bonds is 7. The van der Waals surface area contributed by atoms with Gasteiger partial charge in [-0.2, -0.15) is 0 Å². The van der Waals surface area contributed by atoms with Crippen molar-refractivity contribution in [3.63, 3.8) is 0 Å². The predicted molar refractivity (Wildman–Crippen MR) is 96.8 cm³/mol. The van der Waals surface area contributed by atoms with Gasteiger partial charge in [-0.15, -0.1) is 0 Å². The minimum absolute atomic E-state index is 0.139. The number of aliphatic hydroxyl groups excluding tert-OH is 1. The van der Waals surface area contributed by atoms with E-state index in [2.05, 4.69) is 24.1 Å². The number of hydrogen-bond acceptors (Lipinski definition) is 3. The molecule has 2 N–H and O–H groups in total. The summed E-state index contributed by atoms with van der Waals surface area (Å²) >= 11 is 0. The molecule has 1 aliphatic carbocycles. The Hall–Kier alpha value is -1.13. The highest BCUT2D eigenvalue weighted by Crippen LogP contribution is 2.37. The van der Waals surface area contributed by atoms with Crippen LogP contribution in [-0.2, 0) is 0 Å². The highest BCUT2D eigenvalue weighted by Gasteiger charge is 2.32. The Morgan fingerprint density at radius 1 is 1.25 bits per heavy atom. The SMILES string of the molecule is CCCC(NC(C)c1cc(F)ccc1N1CCC(O)CC1)C1CC1. The number of hydrogen-bond donors (Lipinski definition) is 2. The van der Waals surface area contributed by atoms with Gasteiger partial charge in [0.1, 0.15) is 5.82 Å². The lowest BCUT2D eigenvalue weighted by Gasteiger charge is -2.34. The van der Waals surface area contributed by atoms with Gasteiger partial charge >= 0.3 is 0 Å². The van der Waals surface area contributed by atoms with Crippen LogP contribution in [0.3, 0.4) is 0 Å². The molecule has 1 aromatic carbocycles. The van der Waals surface area contributed by atoms with E-state index in [0.29, 0.717) is 6.04 Å². The molecule has 134 valence electrons. The fourth-order valence-corrected chi connectivity index (χ4v) is 3.94. The first-order valence-electron chi connectivity index (χ1n) is 9.57. The average Bonchev–Trinajstić information content (AvgIpc) is 3.40. The standard InChI is InChI=1S/C20H31FN2O/c1-3-4-19(15-5-6-15)22-14(2)18-13-16(21)7-8-20(18)23-11-9-17(24)10-12-23/h7-8,13-15,17,19,22,24H,3-6,9-12H2,1-2H3. The van der Waals surface area contributed by atoms with Crippen LogP contribution in [0.15, 0.2) is 18.2 Å². The number of aliphatic hydroxyl groups is 1. The fraction of sp³-hybridized carbons (Fsp3) is 0.700. The third kappa shape index (κ3) is 4.28. The number of nitrogens with zero attached hydrogens (tertiary/aromatic N) is 1. The second-order valence-corrected chi connectivity index (χ2v) is 7.54. The van der Waals surface area contributed by atoms with Gasteiger partial charge in [-0.3, -0.25) is 0 Å². The molecule has 0 amide bonds. The van der Waals surface area contributed by atoms with E-state index in [1.807, 2.05) is 6.07 Å². The molecule has 2 unspecified atom stereocenters. The summed E-state index contributed by atoms with van der Waals surface area (Å²) in [6.07, 6.45) is 6.41. The van der Waals surface area contributed by atoms with E-state index >= 15 is 0 Å². The summed E-state index contributed by atoms with van der Waals surface area (Å²) in [7, 11) is 0. The monoisotopic (exact) mass is 334 g/mol. The van der Waals surface area contributed by atoms with Crippen molar-refractivity contribution in [2.45, 2.75) is 70.6 Å². The molecule has 24 heavy (non-hydrogen) atoms. The Bertz CT molecular complexity index is 538. The van der Waals surface area contributed by atoms with Crippen LogP contribution < -0.4 is 10.2 Å². The molecule has 0 radical (unpaired) electrons. The summed E-state index contributed by atoms with van der Waals surface area (Å²) < 4.78 is 13.9. The molecular weight excluding hydrogens is 303 g/mol. The molecule has 1 heterocycles. The smallest absolute Gasteiger partial charge is 0.123 e. The zero-order chi connectivity index (χ0) is 17.1. The number of piperidine rings is 1. The van der Waals surface area contributed by atoms with Gasteiger partial charge in [0.15, 0.2) is 0 Å². The summed E-state index contributed by atoms with van der Waals surface area (Å²) in [5.41, 5.74) is 2.17. The van der Waals surface area contributed by atoms with Gasteiger partial charge in [0.05, 0.1) is 6.10 Å². The topological polar surface area (TPSA) is 35.5 Å². The molecule has 1 saturated heterocycles. The molecule has 2 aliphatic rings. The number of halogens is 1. The van der Waals surface area contributed by atoms with Crippen LogP contribution >= 0.6 is 0 Å². The molecular formula is C20H31FN2O. The van der Waals surface area contributed by atoms with Crippen LogP contribution in [0.4, 0.5) is 10.1 Å². The molecule has 2 fully saturated rings. The van der Waals surface area contributed by atoms with Crippen molar-refractivity contribution in [3.05, 3.63) is 29.6 Å². The fourth-order valence-electron chi connectivity index (χ4n) is 3.94. The van der Waals surface area contributed by atoms with E-state index < -0.39 is 0 Å². The Balaban J connectivity index is 1.76. The van der Waals surface area contributed by atoms with Crippen molar-refractivity contribution in [1.29, 1.82) is 0 Å². The minimum Gasteiger partial charge on any atom is -0.393 e. The Morgan fingerprint density at radius 2 is 1.96 bits per heavy atom. The quantitative estimate of drug-likeness (QED) is 0.791. The first-order valence-corrected chi connectivity index (χ1v) is 9.57. The van der Waals surface area contributed by atoms with Crippen LogP contribution in [0.1, 0.15) is 64.0 Å². The maximum absolute atomic E-state index is 13.9. The Morgan fingerprint density at radius 3 is 2.58 bits per heavy atom. The summed E-state index contributed by atoms with van der Waals surface area (Å²) in [6.45, 7) is 6.07. The third-order valence-electron chi connectivity index (χ3n) is 5.52. The largest absolute Gasteiger partial charge is 0.393 e. The predicted octanol–water partition coefficient (Wildman–Crippen LogP) is 4.02. The number of benzene rings is 1. The number of nitrogens with one attached hydrogen (secondary N) is 1. The van der Waals surface area contributed by atoms with E-state index in [9.17, 15) is 9.50 Å². The maximum Gasteiger partial charge on any atom is 0.123 e. The zero-order valence-corrected chi connectivity index (χ0v) is 15.0. The molecule has 1 aromatic rings. The molecule has 0 aromatic heterocycles. The van der Waals surface area contributed by atoms with Gasteiger partial charge in [0.25, 0.3) is 0 Å². The van der Waals surface area contributed by atoms with Gasteiger partial charge in [-0.25, -0.2) is 4.39 Å². The molecule has 3 rings (SSSR count). The summed E-state index contributed by atoms with van der Waals surface area (Å²) in [6, 6.07) is 5.84. The summed E-state index contributed by atoms with van der Waals surface area (Å²) in [5.74, 6) is 0.632. The first kappa shape index (κ1) is 17.7.